The molecule has 0 atom stereocenters. The molecule has 0 unspecified atom stereocenters. The van der Waals surface area contributed by atoms with E-state index < -0.39 is 5.91 Å². The number of amides is 2. The van der Waals surface area contributed by atoms with Crippen molar-refractivity contribution < 1.29 is 9.59 Å². The van der Waals surface area contributed by atoms with E-state index in [9.17, 15) is 9.59 Å². The molecule has 0 radical (unpaired) electrons. The van der Waals surface area contributed by atoms with Crippen LogP contribution in [0.4, 0.5) is 0 Å². The van der Waals surface area contributed by atoms with Crippen molar-refractivity contribution in [2.75, 3.05) is 26.2 Å². The molecular formula is C25H29ClN4O2. The molecule has 0 aliphatic rings. The maximum absolute atomic E-state index is 13.0. The zero-order chi connectivity index (χ0) is 23.1. The van der Waals surface area contributed by atoms with Gasteiger partial charge in [-0.05, 0) is 37.4 Å². The van der Waals surface area contributed by atoms with Crippen LogP contribution in [0.1, 0.15) is 29.8 Å². The molecule has 0 spiro atoms. The zero-order valence-corrected chi connectivity index (χ0v) is 19.4. The number of benzene rings is 2. The third kappa shape index (κ3) is 5.58. The largest absolute Gasteiger partial charge is 0.350 e. The summed E-state index contributed by atoms with van der Waals surface area (Å²) in [4.78, 5) is 28.2. The minimum Gasteiger partial charge on any atom is -0.350 e. The summed E-state index contributed by atoms with van der Waals surface area (Å²) in [5.41, 5.74) is 2.37. The van der Waals surface area contributed by atoms with Crippen LogP contribution in [0.25, 0.3) is 17.0 Å². The summed E-state index contributed by atoms with van der Waals surface area (Å²) in [6.45, 7) is 7.21. The summed E-state index contributed by atoms with van der Waals surface area (Å²) >= 11 is 6.18. The molecule has 0 fully saturated rings. The van der Waals surface area contributed by atoms with Crippen LogP contribution in [0.5, 0.6) is 0 Å². The predicted molar refractivity (Wildman–Crippen MR) is 131 cm³/mol. The first-order chi connectivity index (χ1) is 15.4. The van der Waals surface area contributed by atoms with Gasteiger partial charge in [0.05, 0.1) is 10.6 Å². The van der Waals surface area contributed by atoms with Gasteiger partial charge in [-0.3, -0.25) is 9.59 Å². The third-order valence-electron chi connectivity index (χ3n) is 5.45. The van der Waals surface area contributed by atoms with Crippen molar-refractivity contribution in [1.29, 1.82) is 0 Å². The summed E-state index contributed by atoms with van der Waals surface area (Å²) in [5, 5.41) is 7.02. The molecule has 3 aromatic rings. The monoisotopic (exact) mass is 452 g/mol. The van der Waals surface area contributed by atoms with Gasteiger partial charge < -0.3 is 20.1 Å². The van der Waals surface area contributed by atoms with E-state index in [1.807, 2.05) is 42.1 Å². The Morgan fingerprint density at radius 2 is 1.75 bits per heavy atom. The number of likely N-dealkylation sites (N-methyl/N-ethyl adjacent to an activating group) is 1. The van der Waals surface area contributed by atoms with Gasteiger partial charge in [0.2, 0.25) is 0 Å². The number of fused-ring (bicyclic) bond motifs is 1. The number of carbonyl (C=O) groups excluding carboxylic acids is 2. The lowest BCUT2D eigenvalue weighted by atomic mass is 10.1. The number of rotatable bonds is 9. The van der Waals surface area contributed by atoms with Gasteiger partial charge >= 0.3 is 0 Å². The van der Waals surface area contributed by atoms with E-state index in [-0.39, 0.29) is 11.6 Å². The number of aryl methyl sites for hydroxylation is 1. The van der Waals surface area contributed by atoms with E-state index >= 15 is 0 Å². The predicted octanol–water partition coefficient (Wildman–Crippen LogP) is 4.06. The summed E-state index contributed by atoms with van der Waals surface area (Å²) in [6, 6.07) is 14.7. The number of hydrogen-bond acceptors (Lipinski definition) is 3. The maximum atomic E-state index is 13.0. The topological polar surface area (TPSA) is 66.4 Å². The van der Waals surface area contributed by atoms with E-state index in [0.717, 1.165) is 36.1 Å². The molecule has 6 nitrogen and oxygen atoms in total. The number of halogens is 1. The highest BCUT2D eigenvalue weighted by Crippen LogP contribution is 2.23. The van der Waals surface area contributed by atoms with Gasteiger partial charge in [0.1, 0.15) is 5.70 Å². The minimum absolute atomic E-state index is 0.172. The Labute approximate surface area is 193 Å². The number of para-hydroxylation sites is 1. The van der Waals surface area contributed by atoms with Crippen LogP contribution in [0.2, 0.25) is 5.02 Å². The lowest BCUT2D eigenvalue weighted by Gasteiger charge is -2.18. The molecule has 2 aromatic carbocycles. The maximum Gasteiger partial charge on any atom is 0.267 e. The third-order valence-corrected chi connectivity index (χ3v) is 5.78. The van der Waals surface area contributed by atoms with Crippen LogP contribution in [-0.4, -0.2) is 47.5 Å². The van der Waals surface area contributed by atoms with Crippen molar-refractivity contribution in [3.8, 4) is 0 Å². The number of carbonyl (C=O) groups is 2. The highest BCUT2D eigenvalue weighted by Gasteiger charge is 2.17. The second-order valence-corrected chi connectivity index (χ2v) is 7.89. The fourth-order valence-electron chi connectivity index (χ4n) is 3.60. The molecule has 32 heavy (non-hydrogen) atoms. The number of nitrogens with one attached hydrogen (secondary N) is 2. The number of aromatic nitrogens is 1. The molecule has 7 heteroatoms. The minimum atomic E-state index is -0.430. The summed E-state index contributed by atoms with van der Waals surface area (Å²) < 4.78 is 1.99. The van der Waals surface area contributed by atoms with Crippen LogP contribution in [0.3, 0.4) is 0 Å². The van der Waals surface area contributed by atoms with E-state index in [1.54, 1.807) is 30.3 Å². The molecule has 168 valence electrons. The van der Waals surface area contributed by atoms with Crippen molar-refractivity contribution in [2.45, 2.75) is 13.8 Å². The van der Waals surface area contributed by atoms with Crippen molar-refractivity contribution in [1.82, 2.24) is 20.1 Å². The standard InChI is InChI=1S/C25H29ClN4O2/c1-4-30(5-2)15-14-27-25(32)22(28-24(31)20-11-6-8-12-21(20)26)16-18-17-29(3)23-13-9-7-10-19(18)23/h6-13,16-17H,4-5,14-15H2,1-3H3,(H,27,32)(H,28,31). The van der Waals surface area contributed by atoms with E-state index in [4.69, 9.17) is 11.6 Å². The van der Waals surface area contributed by atoms with Crippen LogP contribution in [0.15, 0.2) is 60.4 Å². The van der Waals surface area contributed by atoms with Gasteiger partial charge in [-0.15, -0.1) is 0 Å². The summed E-state index contributed by atoms with van der Waals surface area (Å²) in [6.07, 6.45) is 3.65. The summed E-state index contributed by atoms with van der Waals surface area (Å²) in [7, 11) is 1.95. The van der Waals surface area contributed by atoms with Crippen molar-refractivity contribution in [2.24, 2.45) is 7.05 Å². The normalized spacial score (nSPS) is 11.7. The fourth-order valence-corrected chi connectivity index (χ4v) is 3.82. The molecule has 1 heterocycles. The van der Waals surface area contributed by atoms with Gasteiger partial charge in [-0.25, -0.2) is 0 Å². The molecular weight excluding hydrogens is 424 g/mol. The molecule has 3 rings (SSSR count). The van der Waals surface area contributed by atoms with Gasteiger partial charge in [0, 0.05) is 42.8 Å². The number of hydrogen-bond donors (Lipinski definition) is 2. The first-order valence-electron chi connectivity index (χ1n) is 10.8. The highest BCUT2D eigenvalue weighted by atomic mass is 35.5. The van der Waals surface area contributed by atoms with E-state index in [2.05, 4.69) is 29.4 Å². The first-order valence-corrected chi connectivity index (χ1v) is 11.1. The molecule has 0 aliphatic carbocycles. The van der Waals surface area contributed by atoms with Crippen molar-refractivity contribution >= 4 is 40.4 Å². The van der Waals surface area contributed by atoms with Gasteiger partial charge in [0.15, 0.2) is 0 Å². The summed E-state index contributed by atoms with van der Waals surface area (Å²) in [5.74, 6) is -0.772. The molecule has 0 saturated carbocycles. The van der Waals surface area contributed by atoms with Gasteiger partial charge in [-0.1, -0.05) is 55.8 Å². The Balaban J connectivity index is 1.90. The second kappa shape index (κ2) is 11.0. The smallest absolute Gasteiger partial charge is 0.267 e. The highest BCUT2D eigenvalue weighted by molar-refractivity contribution is 6.34. The Morgan fingerprint density at radius 1 is 1.06 bits per heavy atom. The number of nitrogens with zero attached hydrogens (tertiary/aromatic N) is 2. The average Bonchev–Trinajstić information content (AvgIpc) is 3.12. The molecule has 0 bridgehead atoms. The van der Waals surface area contributed by atoms with Gasteiger partial charge in [0.25, 0.3) is 11.8 Å². The SMILES string of the molecule is CCN(CC)CCNC(=O)C(=Cc1cn(C)c2ccccc12)NC(=O)c1ccccc1Cl. The Morgan fingerprint density at radius 3 is 2.47 bits per heavy atom. The Hall–Kier alpha value is -3.09. The van der Waals surface area contributed by atoms with Gasteiger partial charge in [-0.2, -0.15) is 0 Å². The lowest BCUT2D eigenvalue weighted by Crippen LogP contribution is -2.39. The fraction of sp³-hybridized carbons (Fsp3) is 0.280. The molecule has 2 N–H and O–H groups in total. The zero-order valence-electron chi connectivity index (χ0n) is 18.7. The quantitative estimate of drug-likeness (QED) is 0.481. The van der Waals surface area contributed by atoms with E-state index in [1.165, 1.54) is 0 Å². The van der Waals surface area contributed by atoms with Crippen LogP contribution in [-0.2, 0) is 11.8 Å². The van der Waals surface area contributed by atoms with Crippen molar-refractivity contribution in [3.05, 3.63) is 76.6 Å². The van der Waals surface area contributed by atoms with Crippen LogP contribution < -0.4 is 10.6 Å². The van der Waals surface area contributed by atoms with Crippen LogP contribution >= 0.6 is 11.6 Å². The van der Waals surface area contributed by atoms with E-state index in [0.29, 0.717) is 17.1 Å². The van der Waals surface area contributed by atoms with Crippen molar-refractivity contribution in [3.63, 3.8) is 0 Å². The molecule has 1 aromatic heterocycles. The second-order valence-electron chi connectivity index (χ2n) is 7.49. The lowest BCUT2D eigenvalue weighted by molar-refractivity contribution is -0.117. The molecule has 0 aliphatic heterocycles. The van der Waals surface area contributed by atoms with Crippen LogP contribution in [0, 0.1) is 0 Å². The molecule has 0 saturated heterocycles. The average molecular weight is 453 g/mol. The first kappa shape index (κ1) is 23.6. The molecule has 2 amide bonds. The Kier molecular flexibility index (Phi) is 8.09. The Bertz CT molecular complexity index is 1130.